The number of nitrogens with one attached hydrogen (secondary N) is 1. The number of aromatic amines is 1. The van der Waals surface area contributed by atoms with Crippen molar-refractivity contribution in [3.8, 4) is 11.6 Å². The normalized spacial score (nSPS) is 11.3. The summed E-state index contributed by atoms with van der Waals surface area (Å²) in [6, 6.07) is 9.70. The van der Waals surface area contributed by atoms with Crippen molar-refractivity contribution in [2.24, 2.45) is 5.10 Å². The Bertz CT molecular complexity index is 943. The number of hydrogen-bond acceptors (Lipinski definition) is 6. The van der Waals surface area contributed by atoms with Gasteiger partial charge >= 0.3 is 0 Å². The van der Waals surface area contributed by atoms with E-state index >= 15 is 0 Å². The zero-order chi connectivity index (χ0) is 18.5. The zero-order valence-corrected chi connectivity index (χ0v) is 15.5. The molecule has 0 amide bonds. The molecule has 26 heavy (non-hydrogen) atoms. The third-order valence-corrected chi connectivity index (χ3v) is 4.34. The van der Waals surface area contributed by atoms with Crippen molar-refractivity contribution in [3.05, 3.63) is 52.5 Å². The van der Waals surface area contributed by atoms with Crippen LogP contribution in [0.25, 0.3) is 11.6 Å². The van der Waals surface area contributed by atoms with Crippen molar-refractivity contribution >= 4 is 24.1 Å². The molecular formula is C18H21N5O2S. The number of rotatable bonds is 7. The Hall–Kier alpha value is -2.71. The third-order valence-electron chi connectivity index (χ3n) is 4.07. The second kappa shape index (κ2) is 8.11. The minimum absolute atomic E-state index is 0.129. The van der Waals surface area contributed by atoms with Gasteiger partial charge in [-0.05, 0) is 61.5 Å². The number of aliphatic hydroxyl groups is 1. The number of likely N-dealkylation sites (N-methyl/N-ethyl adjacent to an activating group) is 1. The van der Waals surface area contributed by atoms with E-state index in [0.29, 0.717) is 22.9 Å². The second-order valence-electron chi connectivity index (χ2n) is 5.73. The number of H-pyrrole nitrogens is 1. The average Bonchev–Trinajstić information content (AvgIpc) is 3.28. The summed E-state index contributed by atoms with van der Waals surface area (Å²) in [5.41, 5.74) is 3.13. The minimum Gasteiger partial charge on any atom is -0.461 e. The first kappa shape index (κ1) is 18.1. The van der Waals surface area contributed by atoms with Gasteiger partial charge in [0.1, 0.15) is 0 Å². The molecule has 7 nitrogen and oxygen atoms in total. The van der Waals surface area contributed by atoms with E-state index in [2.05, 4.69) is 33.2 Å². The van der Waals surface area contributed by atoms with Crippen LogP contribution in [-0.2, 0) is 0 Å². The summed E-state index contributed by atoms with van der Waals surface area (Å²) in [6.07, 6.45) is 3.33. The van der Waals surface area contributed by atoms with Crippen molar-refractivity contribution < 1.29 is 9.52 Å². The fourth-order valence-corrected chi connectivity index (χ4v) is 2.86. The Kier molecular flexibility index (Phi) is 5.65. The Morgan fingerprint density at radius 2 is 2.27 bits per heavy atom. The number of benzene rings is 1. The number of anilines is 1. The molecule has 0 aliphatic heterocycles. The molecule has 136 valence electrons. The van der Waals surface area contributed by atoms with Crippen molar-refractivity contribution in [3.63, 3.8) is 0 Å². The largest absolute Gasteiger partial charge is 0.461 e. The number of furan rings is 1. The molecule has 3 aromatic rings. The lowest BCUT2D eigenvalue weighted by molar-refractivity contribution is 0.302. The number of aliphatic hydroxyl groups excluding tert-OH is 1. The van der Waals surface area contributed by atoms with Gasteiger partial charge in [-0.1, -0.05) is 6.07 Å². The first-order valence-corrected chi connectivity index (χ1v) is 8.77. The van der Waals surface area contributed by atoms with E-state index in [9.17, 15) is 5.11 Å². The molecule has 0 unspecified atom stereocenters. The van der Waals surface area contributed by atoms with E-state index in [1.807, 2.05) is 19.1 Å². The van der Waals surface area contributed by atoms with Gasteiger partial charge in [-0.25, -0.2) is 5.10 Å². The van der Waals surface area contributed by atoms with Crippen LogP contribution >= 0.6 is 12.2 Å². The molecule has 2 heterocycles. The van der Waals surface area contributed by atoms with Gasteiger partial charge in [0.25, 0.3) is 0 Å². The van der Waals surface area contributed by atoms with Gasteiger partial charge in [0, 0.05) is 18.8 Å². The van der Waals surface area contributed by atoms with Gasteiger partial charge in [-0.15, -0.1) is 5.10 Å². The molecule has 0 spiro atoms. The van der Waals surface area contributed by atoms with Crippen LogP contribution in [0.2, 0.25) is 0 Å². The van der Waals surface area contributed by atoms with E-state index in [0.717, 1.165) is 23.4 Å². The predicted molar refractivity (Wildman–Crippen MR) is 104 cm³/mol. The standard InChI is InChI=1S/C18H21N5O2S/c1-3-22(8-9-24)15-7-6-14(13(2)11-15)12-19-23-17(20-21-18(23)26)16-5-4-10-25-16/h4-7,10-12,24H,3,8-9H2,1-2H3,(H,21,26)/b19-12-. The third kappa shape index (κ3) is 3.76. The molecule has 8 heteroatoms. The van der Waals surface area contributed by atoms with Crippen molar-refractivity contribution in [2.75, 3.05) is 24.6 Å². The fraction of sp³-hybridized carbons (Fsp3) is 0.278. The maximum Gasteiger partial charge on any atom is 0.219 e. The number of aryl methyl sites for hydroxylation is 1. The molecular weight excluding hydrogens is 350 g/mol. The van der Waals surface area contributed by atoms with Crippen LogP contribution in [0.4, 0.5) is 5.69 Å². The SMILES string of the molecule is CCN(CCO)c1ccc(/C=N\n2c(-c3ccco3)n[nH]c2=S)c(C)c1. The molecule has 0 bridgehead atoms. The van der Waals surface area contributed by atoms with Gasteiger partial charge in [0.15, 0.2) is 5.76 Å². The first-order valence-electron chi connectivity index (χ1n) is 8.36. The number of hydrogen-bond donors (Lipinski definition) is 2. The monoisotopic (exact) mass is 371 g/mol. The zero-order valence-electron chi connectivity index (χ0n) is 14.7. The molecule has 0 aliphatic carbocycles. The highest BCUT2D eigenvalue weighted by Crippen LogP contribution is 2.20. The van der Waals surface area contributed by atoms with Crippen LogP contribution in [-0.4, -0.2) is 45.9 Å². The maximum atomic E-state index is 9.18. The number of nitrogens with zero attached hydrogens (tertiary/aromatic N) is 4. The maximum absolute atomic E-state index is 9.18. The van der Waals surface area contributed by atoms with Gasteiger partial charge < -0.3 is 14.4 Å². The Morgan fingerprint density at radius 3 is 2.92 bits per heavy atom. The Labute approximate surface area is 156 Å². The topological polar surface area (TPSA) is 82.6 Å². The van der Waals surface area contributed by atoms with Crippen LogP contribution in [0.15, 0.2) is 46.1 Å². The molecule has 1 aromatic carbocycles. The summed E-state index contributed by atoms with van der Waals surface area (Å²) in [5, 5.41) is 20.5. The molecule has 0 radical (unpaired) electrons. The highest BCUT2D eigenvalue weighted by Gasteiger charge is 2.11. The summed E-state index contributed by atoms with van der Waals surface area (Å²) in [7, 11) is 0. The van der Waals surface area contributed by atoms with Gasteiger partial charge in [0.2, 0.25) is 10.6 Å². The molecule has 0 fully saturated rings. The lowest BCUT2D eigenvalue weighted by Crippen LogP contribution is -2.26. The highest BCUT2D eigenvalue weighted by atomic mass is 32.1. The van der Waals surface area contributed by atoms with Crippen LogP contribution in [0.3, 0.4) is 0 Å². The van der Waals surface area contributed by atoms with Crippen molar-refractivity contribution in [1.82, 2.24) is 14.9 Å². The molecule has 3 rings (SSSR count). The summed E-state index contributed by atoms with van der Waals surface area (Å²) in [4.78, 5) is 2.12. The first-order chi connectivity index (χ1) is 12.6. The van der Waals surface area contributed by atoms with E-state index in [1.54, 1.807) is 24.6 Å². The lowest BCUT2D eigenvalue weighted by Gasteiger charge is -2.22. The van der Waals surface area contributed by atoms with E-state index in [1.165, 1.54) is 4.68 Å². The van der Waals surface area contributed by atoms with Crippen LogP contribution in [0.1, 0.15) is 18.1 Å². The molecule has 0 saturated heterocycles. The Morgan fingerprint density at radius 1 is 1.42 bits per heavy atom. The summed E-state index contributed by atoms with van der Waals surface area (Å²) in [6.45, 7) is 5.67. The van der Waals surface area contributed by atoms with Crippen molar-refractivity contribution in [2.45, 2.75) is 13.8 Å². The smallest absolute Gasteiger partial charge is 0.219 e. The van der Waals surface area contributed by atoms with E-state index < -0.39 is 0 Å². The summed E-state index contributed by atoms with van der Waals surface area (Å²) >= 11 is 5.25. The molecule has 2 N–H and O–H groups in total. The molecule has 0 saturated carbocycles. The highest BCUT2D eigenvalue weighted by molar-refractivity contribution is 7.71. The molecule has 0 atom stereocenters. The number of aromatic nitrogens is 3. The van der Waals surface area contributed by atoms with Crippen LogP contribution in [0, 0.1) is 11.7 Å². The predicted octanol–water partition coefficient (Wildman–Crippen LogP) is 3.21. The lowest BCUT2D eigenvalue weighted by atomic mass is 10.1. The van der Waals surface area contributed by atoms with Crippen LogP contribution in [0.5, 0.6) is 0 Å². The minimum atomic E-state index is 0.129. The van der Waals surface area contributed by atoms with E-state index in [4.69, 9.17) is 16.6 Å². The van der Waals surface area contributed by atoms with Gasteiger partial charge in [0.05, 0.1) is 19.1 Å². The van der Waals surface area contributed by atoms with Crippen molar-refractivity contribution in [1.29, 1.82) is 0 Å². The quantitative estimate of drug-likeness (QED) is 0.492. The van der Waals surface area contributed by atoms with E-state index in [-0.39, 0.29) is 6.61 Å². The average molecular weight is 371 g/mol. The molecule has 0 aliphatic rings. The van der Waals surface area contributed by atoms with Gasteiger partial charge in [-0.2, -0.15) is 9.78 Å². The molecule has 2 aromatic heterocycles. The fourth-order valence-electron chi connectivity index (χ4n) is 2.68. The summed E-state index contributed by atoms with van der Waals surface area (Å²) in [5.74, 6) is 1.11. The Balaban J connectivity index is 1.88. The second-order valence-corrected chi connectivity index (χ2v) is 6.12. The van der Waals surface area contributed by atoms with Gasteiger partial charge in [-0.3, -0.25) is 0 Å². The van der Waals surface area contributed by atoms with Crippen LogP contribution < -0.4 is 4.90 Å². The summed E-state index contributed by atoms with van der Waals surface area (Å²) < 4.78 is 7.30.